The molecule has 0 aliphatic carbocycles. The minimum atomic E-state index is -0.401. The number of nitrogens with zero attached hydrogens (tertiary/aromatic N) is 6. The van der Waals surface area contributed by atoms with Gasteiger partial charge < -0.3 is 10.2 Å². The van der Waals surface area contributed by atoms with Crippen molar-refractivity contribution in [2.45, 2.75) is 18.5 Å². The Labute approximate surface area is 179 Å². The van der Waals surface area contributed by atoms with E-state index in [1.54, 1.807) is 6.20 Å². The van der Waals surface area contributed by atoms with E-state index in [4.69, 9.17) is 0 Å². The molecule has 2 N–H and O–H groups in total. The zero-order valence-electron chi connectivity index (χ0n) is 16.9. The smallest absolute Gasteiger partial charge is 0.248 e. The van der Waals surface area contributed by atoms with E-state index >= 15 is 0 Å². The molecule has 1 aliphatic heterocycles. The molecule has 3 heterocycles. The third-order valence-electron chi connectivity index (χ3n) is 4.93. The van der Waals surface area contributed by atoms with Crippen molar-refractivity contribution in [3.05, 3.63) is 54.2 Å². The van der Waals surface area contributed by atoms with Crippen LogP contribution in [0, 0.1) is 0 Å². The van der Waals surface area contributed by atoms with Crippen LogP contribution in [0.3, 0.4) is 0 Å². The highest BCUT2D eigenvalue weighted by Gasteiger charge is 2.26. The maximum Gasteiger partial charge on any atom is 0.248 e. The fourth-order valence-corrected chi connectivity index (χ4v) is 4.27. The first-order valence-corrected chi connectivity index (χ1v) is 10.6. The van der Waals surface area contributed by atoms with Crippen LogP contribution in [-0.4, -0.2) is 64.4 Å². The Hall–Kier alpha value is -3.11. The average Bonchev–Trinajstić information content (AvgIpc) is 3.39. The number of rotatable bonds is 7. The fourth-order valence-electron chi connectivity index (χ4n) is 3.55. The number of hydrogen-bond donors (Lipinski definition) is 2. The predicted molar refractivity (Wildman–Crippen MR) is 118 cm³/mol. The lowest BCUT2D eigenvalue weighted by atomic mass is 10.1. The van der Waals surface area contributed by atoms with Crippen LogP contribution in [0.25, 0.3) is 0 Å². The second-order valence-electron chi connectivity index (χ2n) is 7.34. The monoisotopic (exact) mass is 424 g/mol. The van der Waals surface area contributed by atoms with E-state index in [2.05, 4.69) is 35.9 Å². The zero-order valence-corrected chi connectivity index (χ0v) is 17.7. The van der Waals surface area contributed by atoms with E-state index in [9.17, 15) is 4.79 Å². The second-order valence-corrected chi connectivity index (χ2v) is 8.31. The fraction of sp³-hybridized carbons (Fsp3) is 0.350. The molecule has 0 unspecified atom stereocenters. The van der Waals surface area contributed by atoms with E-state index in [-0.39, 0.29) is 11.9 Å². The number of nitrogens with one attached hydrogen (secondary N) is 2. The van der Waals surface area contributed by atoms with Gasteiger partial charge in [-0.1, -0.05) is 41.7 Å². The number of amides is 1. The molecule has 9 nitrogen and oxygen atoms in total. The van der Waals surface area contributed by atoms with Gasteiger partial charge in [-0.2, -0.15) is 5.10 Å². The predicted octanol–water partition coefficient (Wildman–Crippen LogP) is 2.26. The summed E-state index contributed by atoms with van der Waals surface area (Å²) in [7, 11) is 3.76. The molecule has 30 heavy (non-hydrogen) atoms. The number of carbonyl (C=O) groups is 1. The number of hydrogen-bond acceptors (Lipinski definition) is 9. The van der Waals surface area contributed by atoms with Gasteiger partial charge >= 0.3 is 0 Å². The minimum Gasteiger partial charge on any atom is -0.355 e. The van der Waals surface area contributed by atoms with Gasteiger partial charge in [0.15, 0.2) is 5.82 Å². The molecular formula is C20H24N8OS. The number of carbonyl (C=O) groups excluding carboxylic acids is 1. The molecule has 0 bridgehead atoms. The Morgan fingerprint density at radius 1 is 1.13 bits per heavy atom. The highest BCUT2D eigenvalue weighted by atomic mass is 32.1. The molecular weight excluding hydrogens is 400 g/mol. The average molecular weight is 425 g/mol. The first-order valence-electron chi connectivity index (χ1n) is 9.75. The summed E-state index contributed by atoms with van der Waals surface area (Å²) in [4.78, 5) is 16.9. The van der Waals surface area contributed by atoms with Gasteiger partial charge in [0.05, 0.1) is 0 Å². The van der Waals surface area contributed by atoms with E-state index in [1.165, 1.54) is 11.3 Å². The van der Waals surface area contributed by atoms with Crippen LogP contribution in [0.2, 0.25) is 0 Å². The van der Waals surface area contributed by atoms with Crippen molar-refractivity contribution >= 4 is 33.3 Å². The summed E-state index contributed by atoms with van der Waals surface area (Å²) < 4.78 is 0. The Balaban J connectivity index is 1.36. The van der Waals surface area contributed by atoms with E-state index in [1.807, 2.05) is 61.5 Å². The third-order valence-corrected chi connectivity index (χ3v) is 5.70. The van der Waals surface area contributed by atoms with Gasteiger partial charge in [-0.25, -0.2) is 0 Å². The molecule has 0 radical (unpaired) electrons. The molecule has 2 aromatic heterocycles. The lowest BCUT2D eigenvalue weighted by molar-refractivity contribution is -0.120. The number of anilines is 3. The van der Waals surface area contributed by atoms with Crippen LogP contribution in [0.1, 0.15) is 18.0 Å². The quantitative estimate of drug-likeness (QED) is 0.596. The number of aromatic nitrogens is 4. The lowest BCUT2D eigenvalue weighted by Crippen LogP contribution is -2.32. The molecule has 10 heteroatoms. The normalized spacial score (nSPS) is 17.2. The van der Waals surface area contributed by atoms with Gasteiger partial charge in [0.1, 0.15) is 6.04 Å². The van der Waals surface area contributed by atoms with Gasteiger partial charge in [0.2, 0.25) is 16.2 Å². The van der Waals surface area contributed by atoms with Crippen LogP contribution < -0.4 is 15.5 Å². The SMILES string of the molecule is CN(C)[C@@H](C(=O)Nc1nnc(N[C@@H]2CCN(c3cccnn3)C2)s1)c1ccccc1. The molecule has 0 saturated carbocycles. The zero-order chi connectivity index (χ0) is 20.9. The summed E-state index contributed by atoms with van der Waals surface area (Å²) in [6.07, 6.45) is 2.64. The molecule has 1 amide bonds. The maximum atomic E-state index is 12.9. The first kappa shape index (κ1) is 20.2. The van der Waals surface area contributed by atoms with Crippen LogP contribution in [0.15, 0.2) is 48.7 Å². The van der Waals surface area contributed by atoms with Crippen molar-refractivity contribution in [1.82, 2.24) is 25.3 Å². The Bertz CT molecular complexity index is 965. The molecule has 1 aliphatic rings. The van der Waals surface area contributed by atoms with Crippen molar-refractivity contribution in [3.8, 4) is 0 Å². The van der Waals surface area contributed by atoms with Gasteiger partial charge in [-0.15, -0.1) is 15.3 Å². The van der Waals surface area contributed by atoms with Crippen molar-refractivity contribution in [1.29, 1.82) is 0 Å². The van der Waals surface area contributed by atoms with E-state index in [0.717, 1.165) is 30.9 Å². The Morgan fingerprint density at radius 3 is 2.67 bits per heavy atom. The van der Waals surface area contributed by atoms with Crippen molar-refractivity contribution in [2.24, 2.45) is 0 Å². The molecule has 156 valence electrons. The standard InChI is InChI=1S/C20H24N8OS/c1-27(2)17(14-7-4-3-5-8-14)18(29)23-20-26-25-19(30-20)22-15-10-12-28(13-15)16-9-6-11-21-24-16/h3-9,11,15,17H,10,12-13H2,1-2H3,(H,22,25)(H,23,26,29)/t15-,17-/m1/s1. The van der Waals surface area contributed by atoms with Gasteiger partial charge in [-0.3, -0.25) is 15.0 Å². The summed E-state index contributed by atoms with van der Waals surface area (Å²) in [5.74, 6) is 0.742. The summed E-state index contributed by atoms with van der Waals surface area (Å²) in [5.41, 5.74) is 0.929. The second kappa shape index (κ2) is 9.14. The number of benzene rings is 1. The van der Waals surface area contributed by atoms with Crippen LogP contribution >= 0.6 is 11.3 Å². The number of likely N-dealkylation sites (N-methyl/N-ethyl adjacent to an activating group) is 1. The van der Waals surface area contributed by atoms with Crippen molar-refractivity contribution in [3.63, 3.8) is 0 Å². The van der Waals surface area contributed by atoms with Crippen LogP contribution in [0.4, 0.5) is 16.1 Å². The summed E-state index contributed by atoms with van der Waals surface area (Å²) in [6.45, 7) is 1.72. The lowest BCUT2D eigenvalue weighted by Gasteiger charge is -2.23. The molecule has 1 aromatic carbocycles. The first-order chi connectivity index (χ1) is 14.6. The third kappa shape index (κ3) is 4.71. The highest BCUT2D eigenvalue weighted by molar-refractivity contribution is 7.19. The topological polar surface area (TPSA) is 99.2 Å². The molecule has 4 rings (SSSR count). The van der Waals surface area contributed by atoms with Gasteiger partial charge in [-0.05, 0) is 38.2 Å². The molecule has 0 spiro atoms. The summed E-state index contributed by atoms with van der Waals surface area (Å²) >= 11 is 1.34. The Morgan fingerprint density at radius 2 is 1.93 bits per heavy atom. The molecule has 3 aromatic rings. The van der Waals surface area contributed by atoms with E-state index in [0.29, 0.717) is 10.3 Å². The maximum absolute atomic E-state index is 12.9. The van der Waals surface area contributed by atoms with Gasteiger partial charge in [0.25, 0.3) is 0 Å². The molecule has 2 atom stereocenters. The van der Waals surface area contributed by atoms with Crippen LogP contribution in [0.5, 0.6) is 0 Å². The van der Waals surface area contributed by atoms with Crippen molar-refractivity contribution < 1.29 is 4.79 Å². The largest absolute Gasteiger partial charge is 0.355 e. The van der Waals surface area contributed by atoms with Gasteiger partial charge in [0, 0.05) is 25.3 Å². The summed E-state index contributed by atoms with van der Waals surface area (Å²) in [5, 5.41) is 23.9. The minimum absolute atomic E-state index is 0.136. The molecule has 1 fully saturated rings. The molecule has 1 saturated heterocycles. The van der Waals surface area contributed by atoms with Crippen molar-refractivity contribution in [2.75, 3.05) is 42.7 Å². The summed E-state index contributed by atoms with van der Waals surface area (Å²) in [6, 6.07) is 13.4. The van der Waals surface area contributed by atoms with E-state index < -0.39 is 6.04 Å². The van der Waals surface area contributed by atoms with Crippen LogP contribution in [-0.2, 0) is 4.79 Å². The Kier molecular flexibility index (Phi) is 6.15. The highest BCUT2D eigenvalue weighted by Crippen LogP contribution is 2.26.